The summed E-state index contributed by atoms with van der Waals surface area (Å²) in [7, 11) is 1.73. The fourth-order valence-electron chi connectivity index (χ4n) is 4.50. The molecule has 0 aliphatic carbocycles. The largest absolute Gasteiger partial charge is 0.494 e. The van der Waals surface area contributed by atoms with Gasteiger partial charge in [-0.2, -0.15) is 0 Å². The highest BCUT2D eigenvalue weighted by atomic mass is 16.5. The van der Waals surface area contributed by atoms with E-state index in [1.54, 1.807) is 7.11 Å². The molecular weight excluding hydrogens is 374 g/mol. The van der Waals surface area contributed by atoms with Crippen LogP contribution in [0.3, 0.4) is 0 Å². The van der Waals surface area contributed by atoms with Gasteiger partial charge in [0.05, 0.1) is 7.11 Å². The highest BCUT2D eigenvalue weighted by Crippen LogP contribution is 2.28. The molecule has 158 valence electrons. The average Bonchev–Trinajstić information content (AvgIpc) is 2.79. The summed E-state index contributed by atoms with van der Waals surface area (Å²) < 4.78 is 5.75. The fourth-order valence-corrected chi connectivity index (χ4v) is 4.50. The van der Waals surface area contributed by atoms with Crippen LogP contribution in [0, 0.1) is 5.92 Å². The number of methoxy groups -OCH3 is 1. The zero-order valence-corrected chi connectivity index (χ0v) is 18.0. The Balaban J connectivity index is 1.44. The van der Waals surface area contributed by atoms with Gasteiger partial charge in [0.1, 0.15) is 5.36 Å². The quantitative estimate of drug-likeness (QED) is 0.831. The summed E-state index contributed by atoms with van der Waals surface area (Å²) in [6, 6.07) is 13.2. The highest BCUT2D eigenvalue weighted by molar-refractivity contribution is 5.74. The molecule has 2 amide bonds. The predicted molar refractivity (Wildman–Crippen MR) is 120 cm³/mol. The van der Waals surface area contributed by atoms with E-state index in [0.29, 0.717) is 12.5 Å². The number of rotatable bonds is 5. The van der Waals surface area contributed by atoms with Gasteiger partial charge in [-0.3, -0.25) is 4.99 Å². The number of ether oxygens (including phenoxy) is 1. The van der Waals surface area contributed by atoms with Crippen LogP contribution in [0.1, 0.15) is 31.7 Å². The van der Waals surface area contributed by atoms with Crippen LogP contribution in [0.2, 0.25) is 0 Å². The highest BCUT2D eigenvalue weighted by Gasteiger charge is 2.22. The number of carbonyl (C=O) groups is 1. The lowest BCUT2D eigenvalue weighted by Gasteiger charge is -2.32. The minimum atomic E-state index is 0.0728. The summed E-state index contributed by atoms with van der Waals surface area (Å²) in [6.45, 7) is 5.17. The number of fused-ring (bicyclic) bond motifs is 1. The maximum absolute atomic E-state index is 12.0. The van der Waals surface area contributed by atoms with E-state index >= 15 is 0 Å². The second kappa shape index (κ2) is 9.33. The summed E-state index contributed by atoms with van der Waals surface area (Å²) in [5.41, 5.74) is 3.60. The Morgan fingerprint density at radius 2 is 1.93 bits per heavy atom. The molecule has 0 atom stereocenters. The molecule has 2 aromatic rings. The second-order valence-electron chi connectivity index (χ2n) is 8.13. The van der Waals surface area contributed by atoms with Gasteiger partial charge in [-0.1, -0.05) is 36.4 Å². The summed E-state index contributed by atoms with van der Waals surface area (Å²) in [6.07, 6.45) is 6.42. The molecule has 2 aliphatic rings. The van der Waals surface area contributed by atoms with Gasteiger partial charge >= 0.3 is 6.03 Å². The van der Waals surface area contributed by atoms with Gasteiger partial charge in [0.25, 0.3) is 0 Å². The third-order valence-electron chi connectivity index (χ3n) is 6.15. The molecule has 2 aliphatic heterocycles. The minimum Gasteiger partial charge on any atom is -0.494 e. The summed E-state index contributed by atoms with van der Waals surface area (Å²) in [5.74, 6) is 1.50. The zero-order valence-electron chi connectivity index (χ0n) is 18.0. The van der Waals surface area contributed by atoms with Gasteiger partial charge in [-0.15, -0.1) is 0 Å². The molecule has 0 spiro atoms. The van der Waals surface area contributed by atoms with Crippen molar-refractivity contribution in [3.05, 3.63) is 52.5 Å². The number of hydrogen-bond acceptors (Lipinski definition) is 3. The molecule has 1 saturated heterocycles. The van der Waals surface area contributed by atoms with Crippen LogP contribution in [0.5, 0.6) is 5.75 Å². The van der Waals surface area contributed by atoms with Gasteiger partial charge < -0.3 is 15.0 Å². The Morgan fingerprint density at radius 1 is 1.17 bits per heavy atom. The molecule has 1 fully saturated rings. The van der Waals surface area contributed by atoms with Crippen molar-refractivity contribution in [3.8, 4) is 16.9 Å². The van der Waals surface area contributed by atoms with Crippen LogP contribution in [0.25, 0.3) is 17.2 Å². The number of nitrogens with one attached hydrogen (secondary N) is 1. The maximum Gasteiger partial charge on any atom is 0.317 e. The van der Waals surface area contributed by atoms with E-state index in [4.69, 9.17) is 4.74 Å². The Labute approximate surface area is 178 Å². The first-order valence-electron chi connectivity index (χ1n) is 11.0. The van der Waals surface area contributed by atoms with E-state index in [1.165, 1.54) is 5.56 Å². The number of amides is 2. The van der Waals surface area contributed by atoms with Crippen LogP contribution < -0.4 is 20.6 Å². The first-order valence-corrected chi connectivity index (χ1v) is 11.0. The number of hydrogen-bond donors (Lipinski definition) is 1. The SMILES string of the molecule is CCNC(=O)N1CCC(Cc2ccc(-c3ccc4c(c3OC)=NCCC=4)cc2)CC1. The van der Waals surface area contributed by atoms with E-state index < -0.39 is 0 Å². The summed E-state index contributed by atoms with van der Waals surface area (Å²) in [5, 5.41) is 5.04. The number of benzene rings is 2. The van der Waals surface area contributed by atoms with Crippen molar-refractivity contribution in [2.24, 2.45) is 10.9 Å². The molecule has 5 nitrogen and oxygen atoms in total. The van der Waals surface area contributed by atoms with Crippen LogP contribution in [0.15, 0.2) is 41.4 Å². The molecule has 0 aromatic heterocycles. The van der Waals surface area contributed by atoms with E-state index in [-0.39, 0.29) is 6.03 Å². The van der Waals surface area contributed by atoms with Crippen molar-refractivity contribution in [2.75, 3.05) is 33.3 Å². The van der Waals surface area contributed by atoms with Crippen molar-refractivity contribution in [3.63, 3.8) is 0 Å². The van der Waals surface area contributed by atoms with Gasteiger partial charge in [0, 0.05) is 31.7 Å². The molecule has 5 heteroatoms. The Morgan fingerprint density at radius 3 is 2.63 bits per heavy atom. The lowest BCUT2D eigenvalue weighted by atomic mass is 9.89. The molecular formula is C25H31N3O2. The third-order valence-corrected chi connectivity index (χ3v) is 6.15. The van der Waals surface area contributed by atoms with Crippen molar-refractivity contribution in [1.29, 1.82) is 0 Å². The van der Waals surface area contributed by atoms with Crippen LogP contribution >= 0.6 is 0 Å². The van der Waals surface area contributed by atoms with Gasteiger partial charge in [-0.05, 0) is 60.9 Å². The molecule has 0 radical (unpaired) electrons. The third kappa shape index (κ3) is 4.35. The van der Waals surface area contributed by atoms with Crippen LogP contribution in [-0.4, -0.2) is 44.2 Å². The van der Waals surface area contributed by atoms with E-state index in [1.807, 2.05) is 11.8 Å². The molecule has 30 heavy (non-hydrogen) atoms. The number of piperidine rings is 1. The van der Waals surface area contributed by atoms with E-state index in [2.05, 4.69) is 52.8 Å². The van der Waals surface area contributed by atoms with E-state index in [0.717, 1.165) is 72.8 Å². The van der Waals surface area contributed by atoms with Crippen LogP contribution in [-0.2, 0) is 6.42 Å². The lowest BCUT2D eigenvalue weighted by molar-refractivity contribution is 0.171. The van der Waals surface area contributed by atoms with Crippen molar-refractivity contribution in [1.82, 2.24) is 10.2 Å². The molecule has 2 heterocycles. The zero-order chi connectivity index (χ0) is 20.9. The monoisotopic (exact) mass is 405 g/mol. The summed E-state index contributed by atoms with van der Waals surface area (Å²) >= 11 is 0. The first-order chi connectivity index (χ1) is 14.7. The molecule has 0 unspecified atom stereocenters. The Hall–Kier alpha value is -2.82. The normalized spacial score (nSPS) is 16.3. The van der Waals surface area contributed by atoms with E-state index in [9.17, 15) is 4.79 Å². The predicted octanol–water partition coefficient (Wildman–Crippen LogP) is 3.15. The molecule has 0 saturated carbocycles. The Kier molecular flexibility index (Phi) is 6.36. The van der Waals surface area contributed by atoms with Crippen LogP contribution in [0.4, 0.5) is 4.79 Å². The number of likely N-dealkylation sites (tertiary alicyclic amines) is 1. The molecule has 1 N–H and O–H groups in total. The second-order valence-corrected chi connectivity index (χ2v) is 8.13. The minimum absolute atomic E-state index is 0.0728. The summed E-state index contributed by atoms with van der Waals surface area (Å²) in [4.78, 5) is 18.6. The number of nitrogens with zero attached hydrogens (tertiary/aromatic N) is 2. The molecule has 2 aromatic carbocycles. The smallest absolute Gasteiger partial charge is 0.317 e. The first kappa shape index (κ1) is 20.5. The number of urea groups is 1. The topological polar surface area (TPSA) is 53.9 Å². The van der Waals surface area contributed by atoms with Gasteiger partial charge in [0.2, 0.25) is 0 Å². The molecule has 4 rings (SSSR count). The van der Waals surface area contributed by atoms with Gasteiger partial charge in [-0.25, -0.2) is 4.79 Å². The lowest BCUT2D eigenvalue weighted by Crippen LogP contribution is -2.44. The fraction of sp³-hybridized carbons (Fsp3) is 0.440. The van der Waals surface area contributed by atoms with Crippen molar-refractivity contribution in [2.45, 2.75) is 32.6 Å². The number of carbonyl (C=O) groups excluding carboxylic acids is 1. The maximum atomic E-state index is 12.0. The molecule has 0 bridgehead atoms. The Bertz CT molecular complexity index is 1010. The average molecular weight is 406 g/mol. The van der Waals surface area contributed by atoms with Gasteiger partial charge in [0.15, 0.2) is 5.75 Å². The van der Waals surface area contributed by atoms with Crippen molar-refractivity contribution >= 4 is 12.1 Å². The van der Waals surface area contributed by atoms with Crippen molar-refractivity contribution < 1.29 is 9.53 Å². The standard InChI is InChI=1S/C25H31N3O2/c1-3-26-25(29)28-15-12-19(13-16-28)17-18-6-8-20(9-7-18)22-11-10-21-5-4-14-27-23(21)24(22)30-2/h5-11,19H,3-4,12-17H2,1-2H3,(H,26,29).